The molecule has 1 aromatic rings. The zero-order valence-electron chi connectivity index (χ0n) is 11.3. The van der Waals surface area contributed by atoms with Gasteiger partial charge in [0.2, 0.25) is 0 Å². The third kappa shape index (κ3) is 4.78. The third-order valence-electron chi connectivity index (χ3n) is 2.94. The van der Waals surface area contributed by atoms with Crippen molar-refractivity contribution in [3.05, 3.63) is 29.8 Å². The summed E-state index contributed by atoms with van der Waals surface area (Å²) in [6.45, 7) is 7.35. The quantitative estimate of drug-likeness (QED) is 0.727. The van der Waals surface area contributed by atoms with Crippen molar-refractivity contribution in [2.75, 3.05) is 6.61 Å². The fraction of sp³-hybridized carbons (Fsp3) is 0.600. The number of nitrogens with two attached hydrogens (primary N) is 1. The molecule has 17 heavy (non-hydrogen) atoms. The average Bonchev–Trinajstić information content (AvgIpc) is 2.34. The van der Waals surface area contributed by atoms with Crippen LogP contribution >= 0.6 is 0 Å². The fourth-order valence-corrected chi connectivity index (χ4v) is 1.81. The summed E-state index contributed by atoms with van der Waals surface area (Å²) in [7, 11) is 0. The Morgan fingerprint density at radius 2 is 1.94 bits per heavy atom. The number of para-hydroxylation sites is 1. The predicted molar refractivity (Wildman–Crippen MR) is 73.2 cm³/mol. The Balaban J connectivity index is 2.52. The van der Waals surface area contributed by atoms with Gasteiger partial charge in [0.25, 0.3) is 0 Å². The van der Waals surface area contributed by atoms with Crippen molar-refractivity contribution in [3.8, 4) is 5.75 Å². The second kappa shape index (κ2) is 7.33. The van der Waals surface area contributed by atoms with Crippen LogP contribution in [0.15, 0.2) is 24.3 Å². The summed E-state index contributed by atoms with van der Waals surface area (Å²) >= 11 is 0. The zero-order chi connectivity index (χ0) is 12.7. The third-order valence-corrected chi connectivity index (χ3v) is 2.94. The summed E-state index contributed by atoms with van der Waals surface area (Å²) in [5.41, 5.74) is 7.19. The molecule has 0 aliphatic rings. The molecule has 2 heteroatoms. The smallest absolute Gasteiger partial charge is 0.124 e. The van der Waals surface area contributed by atoms with Crippen LogP contribution in [0.2, 0.25) is 0 Å². The van der Waals surface area contributed by atoms with Crippen molar-refractivity contribution in [1.82, 2.24) is 0 Å². The molecule has 0 bridgehead atoms. The number of benzene rings is 1. The van der Waals surface area contributed by atoms with Gasteiger partial charge in [-0.1, -0.05) is 39.0 Å². The van der Waals surface area contributed by atoms with Crippen molar-refractivity contribution in [2.45, 2.75) is 46.1 Å². The van der Waals surface area contributed by atoms with Crippen LogP contribution in [0.3, 0.4) is 0 Å². The van der Waals surface area contributed by atoms with Gasteiger partial charge < -0.3 is 10.5 Å². The highest BCUT2D eigenvalue weighted by atomic mass is 16.5. The summed E-state index contributed by atoms with van der Waals surface area (Å²) in [5.74, 6) is 1.69. The van der Waals surface area contributed by atoms with Gasteiger partial charge in [-0.25, -0.2) is 0 Å². The van der Waals surface area contributed by atoms with Crippen molar-refractivity contribution < 1.29 is 4.74 Å². The average molecular weight is 235 g/mol. The Hall–Kier alpha value is -1.02. The summed E-state index contributed by atoms with van der Waals surface area (Å²) < 4.78 is 5.83. The number of ether oxygens (including phenoxy) is 1. The maximum Gasteiger partial charge on any atom is 0.124 e. The molecule has 0 aliphatic carbocycles. The Morgan fingerprint density at radius 3 is 2.59 bits per heavy atom. The standard InChI is InChI=1S/C15H25NO/c1-4-14(16)13-9-5-6-10-15(13)17-11-7-8-12(2)3/h5-6,9-10,12,14H,4,7-8,11,16H2,1-3H3/t14-/m0/s1. The molecular formula is C15H25NO. The molecule has 0 saturated carbocycles. The highest BCUT2D eigenvalue weighted by Gasteiger charge is 2.09. The lowest BCUT2D eigenvalue weighted by Crippen LogP contribution is -2.11. The molecule has 0 saturated heterocycles. The molecular weight excluding hydrogens is 210 g/mol. The Morgan fingerprint density at radius 1 is 1.24 bits per heavy atom. The lowest BCUT2D eigenvalue weighted by atomic mass is 10.0. The summed E-state index contributed by atoms with van der Waals surface area (Å²) in [6, 6.07) is 8.18. The number of hydrogen-bond acceptors (Lipinski definition) is 2. The molecule has 0 radical (unpaired) electrons. The van der Waals surface area contributed by atoms with Crippen LogP contribution in [0.25, 0.3) is 0 Å². The summed E-state index contributed by atoms with van der Waals surface area (Å²) in [6.07, 6.45) is 3.25. The molecule has 96 valence electrons. The molecule has 1 aromatic carbocycles. The molecule has 0 heterocycles. The second-order valence-corrected chi connectivity index (χ2v) is 4.94. The molecule has 2 N–H and O–H groups in total. The predicted octanol–water partition coefficient (Wildman–Crippen LogP) is 3.91. The summed E-state index contributed by atoms with van der Waals surface area (Å²) in [4.78, 5) is 0. The van der Waals surface area contributed by atoms with Crippen molar-refractivity contribution in [1.29, 1.82) is 0 Å². The van der Waals surface area contributed by atoms with Crippen LogP contribution in [0.4, 0.5) is 0 Å². The first-order valence-corrected chi connectivity index (χ1v) is 6.62. The van der Waals surface area contributed by atoms with E-state index in [0.717, 1.165) is 36.7 Å². The Kier molecular flexibility index (Phi) is 6.06. The normalized spacial score (nSPS) is 12.8. The van der Waals surface area contributed by atoms with Crippen LogP contribution in [-0.4, -0.2) is 6.61 Å². The second-order valence-electron chi connectivity index (χ2n) is 4.94. The molecule has 0 spiro atoms. The maximum absolute atomic E-state index is 6.07. The van der Waals surface area contributed by atoms with Crippen molar-refractivity contribution in [2.24, 2.45) is 11.7 Å². The van der Waals surface area contributed by atoms with Gasteiger partial charge in [0.05, 0.1) is 6.61 Å². The van der Waals surface area contributed by atoms with E-state index in [1.165, 1.54) is 6.42 Å². The van der Waals surface area contributed by atoms with E-state index in [-0.39, 0.29) is 6.04 Å². The van der Waals surface area contributed by atoms with Crippen molar-refractivity contribution >= 4 is 0 Å². The van der Waals surface area contributed by atoms with Gasteiger partial charge in [-0.2, -0.15) is 0 Å². The van der Waals surface area contributed by atoms with Gasteiger partial charge in [0.15, 0.2) is 0 Å². The van der Waals surface area contributed by atoms with E-state index in [4.69, 9.17) is 10.5 Å². The van der Waals surface area contributed by atoms with E-state index in [2.05, 4.69) is 26.8 Å². The molecule has 2 nitrogen and oxygen atoms in total. The highest BCUT2D eigenvalue weighted by Crippen LogP contribution is 2.25. The fourth-order valence-electron chi connectivity index (χ4n) is 1.81. The van der Waals surface area contributed by atoms with E-state index >= 15 is 0 Å². The van der Waals surface area contributed by atoms with E-state index in [0.29, 0.717) is 0 Å². The molecule has 1 atom stereocenters. The van der Waals surface area contributed by atoms with Crippen LogP contribution in [0.5, 0.6) is 5.75 Å². The lowest BCUT2D eigenvalue weighted by molar-refractivity contribution is 0.293. The maximum atomic E-state index is 6.07. The largest absolute Gasteiger partial charge is 0.493 e. The molecule has 0 fully saturated rings. The number of hydrogen-bond donors (Lipinski definition) is 1. The Labute approximate surface area is 105 Å². The van der Waals surface area contributed by atoms with Crippen molar-refractivity contribution in [3.63, 3.8) is 0 Å². The molecule has 0 unspecified atom stereocenters. The Bertz CT molecular complexity index is 322. The minimum atomic E-state index is 0.0799. The van der Waals surface area contributed by atoms with Crippen LogP contribution in [0.1, 0.15) is 51.6 Å². The van der Waals surface area contributed by atoms with Gasteiger partial charge in [0, 0.05) is 11.6 Å². The van der Waals surface area contributed by atoms with Gasteiger partial charge in [-0.3, -0.25) is 0 Å². The van der Waals surface area contributed by atoms with Gasteiger partial charge in [0.1, 0.15) is 5.75 Å². The van der Waals surface area contributed by atoms with Crippen LogP contribution in [0, 0.1) is 5.92 Å². The summed E-state index contributed by atoms with van der Waals surface area (Å²) in [5, 5.41) is 0. The first-order chi connectivity index (χ1) is 8.15. The van der Waals surface area contributed by atoms with E-state index in [1.54, 1.807) is 0 Å². The minimum absolute atomic E-state index is 0.0799. The van der Waals surface area contributed by atoms with Gasteiger partial charge in [-0.15, -0.1) is 0 Å². The molecule has 0 aromatic heterocycles. The first-order valence-electron chi connectivity index (χ1n) is 6.62. The van der Waals surface area contributed by atoms with E-state index < -0.39 is 0 Å². The van der Waals surface area contributed by atoms with Crippen LogP contribution < -0.4 is 10.5 Å². The van der Waals surface area contributed by atoms with Crippen LogP contribution in [-0.2, 0) is 0 Å². The highest BCUT2D eigenvalue weighted by molar-refractivity contribution is 5.35. The van der Waals surface area contributed by atoms with E-state index in [1.807, 2.05) is 18.2 Å². The first kappa shape index (κ1) is 14.0. The van der Waals surface area contributed by atoms with Gasteiger partial charge in [-0.05, 0) is 31.2 Å². The topological polar surface area (TPSA) is 35.2 Å². The number of rotatable bonds is 7. The van der Waals surface area contributed by atoms with Gasteiger partial charge >= 0.3 is 0 Å². The molecule has 0 amide bonds. The SMILES string of the molecule is CC[C@H](N)c1ccccc1OCCCC(C)C. The lowest BCUT2D eigenvalue weighted by Gasteiger charge is -2.15. The molecule has 0 aliphatic heterocycles. The molecule has 1 rings (SSSR count). The monoisotopic (exact) mass is 235 g/mol. The minimum Gasteiger partial charge on any atom is -0.493 e. The zero-order valence-corrected chi connectivity index (χ0v) is 11.3. The van der Waals surface area contributed by atoms with E-state index in [9.17, 15) is 0 Å².